The second-order valence-electron chi connectivity index (χ2n) is 7.89. The summed E-state index contributed by atoms with van der Waals surface area (Å²) >= 11 is 0. The van der Waals surface area contributed by atoms with Gasteiger partial charge in [-0.1, -0.05) is 13.8 Å². The maximum Gasteiger partial charge on any atom is 0.341 e. The molecule has 0 atom stereocenters. The topological polar surface area (TPSA) is 92.0 Å². The van der Waals surface area contributed by atoms with E-state index in [0.717, 1.165) is 38.2 Å². The van der Waals surface area contributed by atoms with Crippen molar-refractivity contribution < 1.29 is 24.1 Å². The summed E-state index contributed by atoms with van der Waals surface area (Å²) in [6.07, 6.45) is 5.54. The molecule has 1 aliphatic carbocycles. The number of hydrogen-bond donors (Lipinski definition) is 2. The van der Waals surface area contributed by atoms with Gasteiger partial charge in [0.05, 0.1) is 18.0 Å². The van der Waals surface area contributed by atoms with Crippen LogP contribution in [0.2, 0.25) is 0 Å². The third kappa shape index (κ3) is 4.39. The number of nitrogens with zero attached hydrogens (tertiary/aromatic N) is 2. The molecule has 4 rings (SSSR count). The number of halogens is 1. The molecule has 1 aromatic heterocycles. The Hall–Kier alpha value is -2.61. The minimum absolute atomic E-state index is 0.0325. The largest absolute Gasteiger partial charge is 0.492 e. The van der Waals surface area contributed by atoms with Gasteiger partial charge in [0.1, 0.15) is 11.3 Å². The molecule has 2 heterocycles. The monoisotopic (exact) mass is 434 g/mol. The van der Waals surface area contributed by atoms with Crippen LogP contribution in [-0.2, 0) is 0 Å². The SMILES string of the molecule is CC.COc1c(N2CCC(CCO)CC2)c(F)cc2c(=O)c(C(=O)O)cn(C3CC3)c12. The van der Waals surface area contributed by atoms with E-state index in [1.54, 1.807) is 4.57 Å². The Morgan fingerprint density at radius 1 is 1.23 bits per heavy atom. The molecule has 0 radical (unpaired) electrons. The van der Waals surface area contributed by atoms with Crippen LogP contribution in [0.25, 0.3) is 10.9 Å². The fraction of sp³-hybridized carbons (Fsp3) is 0.565. The number of rotatable bonds is 6. The Labute approximate surface area is 181 Å². The highest BCUT2D eigenvalue weighted by molar-refractivity contribution is 5.97. The van der Waals surface area contributed by atoms with E-state index in [9.17, 15) is 14.7 Å². The number of methoxy groups -OCH3 is 1. The van der Waals surface area contributed by atoms with Gasteiger partial charge in [-0.05, 0) is 44.1 Å². The highest BCUT2D eigenvalue weighted by Crippen LogP contribution is 2.44. The van der Waals surface area contributed by atoms with Gasteiger partial charge in [0, 0.05) is 31.9 Å². The first-order valence-corrected chi connectivity index (χ1v) is 11.0. The molecule has 2 fully saturated rings. The minimum atomic E-state index is -1.32. The van der Waals surface area contributed by atoms with Crippen molar-refractivity contribution in [2.75, 3.05) is 31.7 Å². The Morgan fingerprint density at radius 2 is 1.87 bits per heavy atom. The summed E-state index contributed by atoms with van der Waals surface area (Å²) in [5.74, 6) is -1.22. The number of fused-ring (bicyclic) bond motifs is 1. The van der Waals surface area contributed by atoms with E-state index >= 15 is 4.39 Å². The molecule has 0 spiro atoms. The van der Waals surface area contributed by atoms with Crippen molar-refractivity contribution in [3.63, 3.8) is 0 Å². The third-order valence-corrected chi connectivity index (χ3v) is 6.04. The van der Waals surface area contributed by atoms with Gasteiger partial charge in [-0.3, -0.25) is 4.79 Å². The molecule has 8 heteroatoms. The lowest BCUT2D eigenvalue weighted by molar-refractivity contribution is 0.0694. The van der Waals surface area contributed by atoms with Crippen molar-refractivity contribution in [3.8, 4) is 5.75 Å². The first-order valence-electron chi connectivity index (χ1n) is 11.0. The summed E-state index contributed by atoms with van der Waals surface area (Å²) in [5.41, 5.74) is -0.281. The number of aliphatic hydroxyl groups is 1. The van der Waals surface area contributed by atoms with E-state index in [-0.39, 0.29) is 29.3 Å². The van der Waals surface area contributed by atoms with Crippen molar-refractivity contribution in [2.24, 2.45) is 5.92 Å². The number of carboxylic acids is 1. The molecular weight excluding hydrogens is 403 g/mol. The van der Waals surface area contributed by atoms with Crippen LogP contribution in [0.5, 0.6) is 5.75 Å². The van der Waals surface area contributed by atoms with Gasteiger partial charge in [-0.25, -0.2) is 9.18 Å². The first-order chi connectivity index (χ1) is 15.0. The van der Waals surface area contributed by atoms with Gasteiger partial charge < -0.3 is 24.4 Å². The lowest BCUT2D eigenvalue weighted by Gasteiger charge is -2.34. The minimum Gasteiger partial charge on any atom is -0.492 e. The number of carboxylic acid groups (broad SMARTS) is 1. The summed E-state index contributed by atoms with van der Waals surface area (Å²) < 4.78 is 22.6. The highest BCUT2D eigenvalue weighted by atomic mass is 19.1. The molecule has 1 saturated heterocycles. The molecule has 7 nitrogen and oxygen atoms in total. The molecule has 170 valence electrons. The molecule has 31 heavy (non-hydrogen) atoms. The van der Waals surface area contributed by atoms with Crippen LogP contribution < -0.4 is 15.1 Å². The Morgan fingerprint density at radius 3 is 2.39 bits per heavy atom. The van der Waals surface area contributed by atoms with E-state index < -0.39 is 17.2 Å². The van der Waals surface area contributed by atoms with Crippen LogP contribution in [0.15, 0.2) is 17.1 Å². The zero-order valence-corrected chi connectivity index (χ0v) is 18.4. The number of benzene rings is 1. The van der Waals surface area contributed by atoms with Crippen LogP contribution in [0.3, 0.4) is 0 Å². The molecule has 2 aliphatic rings. The van der Waals surface area contributed by atoms with Crippen LogP contribution in [0.1, 0.15) is 62.4 Å². The van der Waals surface area contributed by atoms with E-state index in [1.807, 2.05) is 18.7 Å². The molecule has 2 N–H and O–H groups in total. The van der Waals surface area contributed by atoms with E-state index in [4.69, 9.17) is 9.84 Å². The Kier molecular flexibility index (Phi) is 7.20. The molecule has 0 unspecified atom stereocenters. The van der Waals surface area contributed by atoms with Crippen molar-refractivity contribution in [1.29, 1.82) is 0 Å². The van der Waals surface area contributed by atoms with Crippen molar-refractivity contribution in [3.05, 3.63) is 33.9 Å². The second kappa shape index (κ2) is 9.68. The molecule has 1 aromatic carbocycles. The molecular formula is C23H31FN2O5. The first kappa shape index (κ1) is 23.1. The predicted octanol–water partition coefficient (Wildman–Crippen LogP) is 3.81. The number of aliphatic hydroxyl groups excluding tert-OH is 1. The maximum absolute atomic E-state index is 15.2. The number of aromatic nitrogens is 1. The second-order valence-corrected chi connectivity index (χ2v) is 7.89. The maximum atomic E-state index is 15.2. The quantitative estimate of drug-likeness (QED) is 0.718. The van der Waals surface area contributed by atoms with Gasteiger partial charge in [0.25, 0.3) is 0 Å². The lowest BCUT2D eigenvalue weighted by Crippen LogP contribution is -2.35. The van der Waals surface area contributed by atoms with Crippen molar-refractivity contribution in [2.45, 2.75) is 52.0 Å². The molecule has 0 amide bonds. The number of aromatic carboxylic acids is 1. The number of carbonyl (C=O) groups is 1. The van der Waals surface area contributed by atoms with Crippen LogP contribution in [-0.4, -0.2) is 47.6 Å². The zero-order valence-electron chi connectivity index (χ0n) is 18.4. The van der Waals surface area contributed by atoms with Crippen LogP contribution >= 0.6 is 0 Å². The van der Waals surface area contributed by atoms with Gasteiger partial charge in [-0.15, -0.1) is 0 Å². The summed E-state index contributed by atoms with van der Waals surface area (Å²) in [6, 6.07) is 1.24. The highest BCUT2D eigenvalue weighted by Gasteiger charge is 2.32. The Bertz CT molecular complexity index is 1010. The summed E-state index contributed by atoms with van der Waals surface area (Å²) in [4.78, 5) is 26.2. The molecule has 0 bridgehead atoms. The molecule has 2 aromatic rings. The standard InChI is InChI=1S/C21H25FN2O5.C2H6/c1-29-20-17-14(19(26)15(21(27)28)11-24(17)13-2-3-13)10-16(22)18(20)23-7-4-12(5-8-23)6-9-25;1-2/h10-13,25H,2-9H2,1H3,(H,27,28);1-2H3. The average Bonchev–Trinajstić information content (AvgIpc) is 3.61. The van der Waals surface area contributed by atoms with Crippen LogP contribution in [0.4, 0.5) is 10.1 Å². The zero-order chi connectivity index (χ0) is 22.7. The molecule has 1 saturated carbocycles. The summed E-state index contributed by atoms with van der Waals surface area (Å²) in [5, 5.41) is 18.6. The fourth-order valence-corrected chi connectivity index (χ4v) is 4.35. The number of piperidine rings is 1. The van der Waals surface area contributed by atoms with Gasteiger partial charge in [0.2, 0.25) is 5.43 Å². The lowest BCUT2D eigenvalue weighted by atomic mass is 9.93. The summed E-state index contributed by atoms with van der Waals surface area (Å²) in [6.45, 7) is 5.41. The summed E-state index contributed by atoms with van der Waals surface area (Å²) in [7, 11) is 1.45. The predicted molar refractivity (Wildman–Crippen MR) is 118 cm³/mol. The van der Waals surface area contributed by atoms with Gasteiger partial charge in [0.15, 0.2) is 11.6 Å². The Balaban J connectivity index is 0.00000132. The molecule has 1 aliphatic heterocycles. The number of pyridine rings is 1. The van der Waals surface area contributed by atoms with Crippen molar-refractivity contribution in [1.82, 2.24) is 4.57 Å². The smallest absolute Gasteiger partial charge is 0.341 e. The van der Waals surface area contributed by atoms with Crippen molar-refractivity contribution >= 4 is 22.6 Å². The number of ether oxygens (including phenoxy) is 1. The van der Waals surface area contributed by atoms with Crippen LogP contribution in [0, 0.1) is 11.7 Å². The number of anilines is 1. The van der Waals surface area contributed by atoms with Gasteiger partial charge >= 0.3 is 5.97 Å². The normalized spacial score (nSPS) is 16.7. The van der Waals surface area contributed by atoms with E-state index in [1.165, 1.54) is 13.3 Å². The van der Waals surface area contributed by atoms with E-state index in [2.05, 4.69) is 0 Å². The van der Waals surface area contributed by atoms with E-state index in [0.29, 0.717) is 30.2 Å². The third-order valence-electron chi connectivity index (χ3n) is 6.04. The number of hydrogen-bond acceptors (Lipinski definition) is 5. The fourth-order valence-electron chi connectivity index (χ4n) is 4.35. The van der Waals surface area contributed by atoms with Gasteiger partial charge in [-0.2, -0.15) is 0 Å². The average molecular weight is 435 g/mol.